The number of carbonyl (C=O) groups is 1. The summed E-state index contributed by atoms with van der Waals surface area (Å²) >= 11 is 11.8. The fraction of sp³-hybridized carbons (Fsp3) is 0.200. The first kappa shape index (κ1) is 13.4. The van der Waals surface area contributed by atoms with Gasteiger partial charge in [0.2, 0.25) is 0 Å². The van der Waals surface area contributed by atoms with E-state index in [2.05, 4.69) is 22.4 Å². The maximum absolute atomic E-state index is 12.2. The maximum Gasteiger partial charge on any atom is 0.271 e. The number of fused-ring (bicyclic) bond motifs is 1. The van der Waals surface area contributed by atoms with Crippen LogP contribution >= 0.6 is 23.2 Å². The van der Waals surface area contributed by atoms with Crippen LogP contribution in [0, 0.1) is 0 Å². The summed E-state index contributed by atoms with van der Waals surface area (Å²) < 4.78 is 0. The Labute approximate surface area is 126 Å². The molecule has 1 aliphatic rings. The van der Waals surface area contributed by atoms with Gasteiger partial charge in [-0.25, -0.2) is 4.98 Å². The van der Waals surface area contributed by atoms with Crippen LogP contribution in [0.4, 0.5) is 0 Å². The van der Waals surface area contributed by atoms with Crippen LogP contribution in [0.2, 0.25) is 10.2 Å². The molecule has 20 heavy (non-hydrogen) atoms. The minimum atomic E-state index is -0.282. The second-order valence-electron chi connectivity index (χ2n) is 4.81. The molecule has 1 aromatic carbocycles. The van der Waals surface area contributed by atoms with Gasteiger partial charge >= 0.3 is 0 Å². The van der Waals surface area contributed by atoms with E-state index in [9.17, 15) is 4.79 Å². The molecule has 0 bridgehead atoms. The Kier molecular flexibility index (Phi) is 3.64. The molecule has 0 unspecified atom stereocenters. The number of carbonyl (C=O) groups excluding carboxylic acids is 1. The van der Waals surface area contributed by atoms with Crippen molar-refractivity contribution in [2.45, 2.75) is 18.9 Å². The normalized spacial score (nSPS) is 14.1. The fourth-order valence-corrected chi connectivity index (χ4v) is 2.83. The van der Waals surface area contributed by atoms with E-state index in [1.807, 2.05) is 12.1 Å². The van der Waals surface area contributed by atoms with Gasteiger partial charge < -0.3 is 5.32 Å². The van der Waals surface area contributed by atoms with Crippen molar-refractivity contribution in [3.63, 3.8) is 0 Å². The van der Waals surface area contributed by atoms with E-state index in [-0.39, 0.29) is 22.8 Å². The molecule has 0 spiro atoms. The molecule has 0 fully saturated rings. The molecule has 1 amide bonds. The molecule has 0 saturated carbocycles. The molecule has 0 aliphatic heterocycles. The van der Waals surface area contributed by atoms with Crippen molar-refractivity contribution >= 4 is 29.1 Å². The number of nitrogens with zero attached hydrogens (tertiary/aromatic N) is 1. The van der Waals surface area contributed by atoms with Gasteiger partial charge in [0.15, 0.2) is 0 Å². The highest BCUT2D eigenvalue weighted by molar-refractivity contribution is 6.34. The zero-order valence-electron chi connectivity index (χ0n) is 10.6. The van der Waals surface area contributed by atoms with Crippen LogP contribution in [0.15, 0.2) is 36.4 Å². The topological polar surface area (TPSA) is 42.0 Å². The predicted octanol–water partition coefficient (Wildman–Crippen LogP) is 3.29. The largest absolute Gasteiger partial charge is 0.347 e. The lowest BCUT2D eigenvalue weighted by Gasteiger charge is -2.12. The van der Waals surface area contributed by atoms with Crippen LogP contribution in [-0.4, -0.2) is 16.9 Å². The number of nitrogens with one attached hydrogen (secondary N) is 1. The summed E-state index contributed by atoms with van der Waals surface area (Å²) in [6, 6.07) is 11.4. The lowest BCUT2D eigenvalue weighted by Crippen LogP contribution is -2.36. The summed E-state index contributed by atoms with van der Waals surface area (Å²) in [4.78, 5) is 16.2. The van der Waals surface area contributed by atoms with Crippen LogP contribution in [0.3, 0.4) is 0 Å². The van der Waals surface area contributed by atoms with Crippen molar-refractivity contribution in [3.8, 4) is 0 Å². The van der Waals surface area contributed by atoms with Crippen molar-refractivity contribution < 1.29 is 4.79 Å². The van der Waals surface area contributed by atoms with Crippen LogP contribution in [0.1, 0.15) is 21.6 Å². The van der Waals surface area contributed by atoms with Gasteiger partial charge in [-0.2, -0.15) is 0 Å². The van der Waals surface area contributed by atoms with Gasteiger partial charge in [-0.15, -0.1) is 0 Å². The fourth-order valence-electron chi connectivity index (χ4n) is 2.49. The van der Waals surface area contributed by atoms with E-state index in [0.717, 1.165) is 12.8 Å². The maximum atomic E-state index is 12.2. The minimum Gasteiger partial charge on any atom is -0.347 e. The van der Waals surface area contributed by atoms with Crippen molar-refractivity contribution in [2.24, 2.45) is 0 Å². The van der Waals surface area contributed by atoms with E-state index in [4.69, 9.17) is 23.2 Å². The second kappa shape index (κ2) is 5.43. The summed E-state index contributed by atoms with van der Waals surface area (Å²) in [5.41, 5.74) is 2.74. The Hall–Kier alpha value is -1.58. The lowest BCUT2D eigenvalue weighted by molar-refractivity contribution is 0.0933. The first-order valence-corrected chi connectivity index (χ1v) is 7.09. The zero-order valence-corrected chi connectivity index (χ0v) is 12.1. The van der Waals surface area contributed by atoms with Crippen LogP contribution in [-0.2, 0) is 12.8 Å². The van der Waals surface area contributed by atoms with Crippen molar-refractivity contribution in [1.82, 2.24) is 10.3 Å². The second-order valence-corrected chi connectivity index (χ2v) is 5.61. The number of pyridine rings is 1. The Bertz CT molecular complexity index is 648. The number of rotatable bonds is 2. The van der Waals surface area contributed by atoms with Gasteiger partial charge in [-0.05, 0) is 36.1 Å². The Morgan fingerprint density at radius 2 is 1.75 bits per heavy atom. The van der Waals surface area contributed by atoms with Crippen molar-refractivity contribution in [3.05, 3.63) is 63.4 Å². The van der Waals surface area contributed by atoms with Gasteiger partial charge in [0.1, 0.15) is 10.8 Å². The molecular formula is C15H12Cl2N2O. The van der Waals surface area contributed by atoms with Crippen molar-refractivity contribution in [2.75, 3.05) is 0 Å². The molecule has 1 N–H and O–H groups in total. The molecular weight excluding hydrogens is 295 g/mol. The van der Waals surface area contributed by atoms with Crippen LogP contribution in [0.25, 0.3) is 0 Å². The molecule has 2 aromatic rings. The quantitative estimate of drug-likeness (QED) is 0.865. The first-order valence-electron chi connectivity index (χ1n) is 6.33. The lowest BCUT2D eigenvalue weighted by atomic mass is 10.1. The SMILES string of the molecule is O=C(NC1Cc2ccccc2C1)c1nc(Cl)ccc1Cl. The molecule has 3 rings (SSSR count). The summed E-state index contributed by atoms with van der Waals surface area (Å²) in [5.74, 6) is -0.282. The van der Waals surface area contributed by atoms with Gasteiger partial charge in [0, 0.05) is 6.04 Å². The molecule has 0 radical (unpaired) electrons. The molecule has 1 heterocycles. The molecule has 3 nitrogen and oxygen atoms in total. The van der Waals surface area contributed by atoms with Crippen LogP contribution in [0.5, 0.6) is 0 Å². The van der Waals surface area contributed by atoms with Gasteiger partial charge in [0.25, 0.3) is 5.91 Å². The molecule has 1 aromatic heterocycles. The Morgan fingerprint density at radius 1 is 1.10 bits per heavy atom. The molecule has 1 aliphatic carbocycles. The average Bonchev–Trinajstić information content (AvgIpc) is 2.83. The number of amides is 1. The summed E-state index contributed by atoms with van der Waals surface area (Å²) in [7, 11) is 0. The average molecular weight is 307 g/mol. The van der Waals surface area contributed by atoms with Gasteiger partial charge in [0.05, 0.1) is 5.02 Å². The van der Waals surface area contributed by atoms with Crippen LogP contribution < -0.4 is 5.32 Å². The predicted molar refractivity (Wildman–Crippen MR) is 79.4 cm³/mol. The third kappa shape index (κ3) is 2.65. The van der Waals surface area contributed by atoms with Gasteiger partial charge in [-0.3, -0.25) is 4.79 Å². The Morgan fingerprint density at radius 3 is 2.40 bits per heavy atom. The summed E-state index contributed by atoms with van der Waals surface area (Å²) in [6.07, 6.45) is 1.67. The first-order chi connectivity index (χ1) is 9.63. The number of halogens is 2. The third-order valence-electron chi connectivity index (χ3n) is 3.41. The summed E-state index contributed by atoms with van der Waals surface area (Å²) in [5, 5.41) is 3.53. The van der Waals surface area contributed by atoms with Crippen molar-refractivity contribution in [1.29, 1.82) is 0 Å². The molecule has 0 saturated heterocycles. The number of hydrogen-bond acceptors (Lipinski definition) is 2. The van der Waals surface area contributed by atoms with E-state index < -0.39 is 0 Å². The number of hydrogen-bond donors (Lipinski definition) is 1. The Balaban J connectivity index is 1.74. The van der Waals surface area contributed by atoms with E-state index >= 15 is 0 Å². The smallest absolute Gasteiger partial charge is 0.271 e. The van der Waals surface area contributed by atoms with Gasteiger partial charge in [-0.1, -0.05) is 47.5 Å². The highest BCUT2D eigenvalue weighted by atomic mass is 35.5. The minimum absolute atomic E-state index is 0.0803. The third-order valence-corrected chi connectivity index (χ3v) is 3.93. The highest BCUT2D eigenvalue weighted by Gasteiger charge is 2.24. The number of aromatic nitrogens is 1. The zero-order chi connectivity index (χ0) is 14.1. The van der Waals surface area contributed by atoms with E-state index in [0.29, 0.717) is 5.02 Å². The molecule has 102 valence electrons. The standard InChI is InChI=1S/C15H12Cl2N2O/c16-12-5-6-13(17)19-14(12)15(20)18-11-7-9-3-1-2-4-10(9)8-11/h1-6,11H,7-8H2,(H,18,20). The monoisotopic (exact) mass is 306 g/mol. The highest BCUT2D eigenvalue weighted by Crippen LogP contribution is 2.23. The summed E-state index contributed by atoms with van der Waals surface area (Å²) in [6.45, 7) is 0. The molecule has 0 atom stereocenters. The number of benzene rings is 1. The molecule has 5 heteroatoms. The van der Waals surface area contributed by atoms with E-state index in [1.54, 1.807) is 12.1 Å². The van der Waals surface area contributed by atoms with E-state index in [1.165, 1.54) is 11.1 Å².